The number of hydrogen-bond acceptors (Lipinski definition) is 3. The average Bonchev–Trinajstić information content (AvgIpc) is 2.32. The topological polar surface area (TPSA) is 63.6 Å². The highest BCUT2D eigenvalue weighted by atomic mass is 79.9. The molecule has 2 rings (SSSR count). The molecular weight excluding hydrogens is 236 g/mol. The largest absolute Gasteiger partial charge is 0.347 e. The summed E-state index contributed by atoms with van der Waals surface area (Å²) in [5, 5.41) is 0. The number of aromatic nitrogens is 4. The van der Waals surface area contributed by atoms with Gasteiger partial charge in [0.25, 0.3) is 0 Å². The van der Waals surface area contributed by atoms with Crippen LogP contribution in [0, 0.1) is 6.92 Å². The number of hydrogen-bond donors (Lipinski definition) is 1. The second kappa shape index (κ2) is 2.66. The van der Waals surface area contributed by atoms with Crippen molar-refractivity contribution in [2.75, 3.05) is 0 Å². The molecule has 0 aliphatic rings. The van der Waals surface area contributed by atoms with Gasteiger partial charge in [-0.3, -0.25) is 4.98 Å². The molecule has 13 heavy (non-hydrogen) atoms. The first kappa shape index (κ1) is 8.43. The second-order valence-electron chi connectivity index (χ2n) is 2.75. The number of fused-ring (bicyclic) bond motifs is 1. The first-order valence-electron chi connectivity index (χ1n) is 3.68. The summed E-state index contributed by atoms with van der Waals surface area (Å²) < 4.78 is 2.35. The Kier molecular flexibility index (Phi) is 1.73. The molecule has 5 nitrogen and oxygen atoms in total. The van der Waals surface area contributed by atoms with Gasteiger partial charge < -0.3 is 4.57 Å². The Bertz CT molecular complexity index is 527. The second-order valence-corrected chi connectivity index (χ2v) is 3.54. The van der Waals surface area contributed by atoms with Gasteiger partial charge >= 0.3 is 5.69 Å². The lowest BCUT2D eigenvalue weighted by molar-refractivity contribution is 0.869. The minimum absolute atomic E-state index is 0.373. The van der Waals surface area contributed by atoms with Crippen LogP contribution >= 0.6 is 15.9 Å². The van der Waals surface area contributed by atoms with E-state index in [4.69, 9.17) is 0 Å². The van der Waals surface area contributed by atoms with E-state index in [9.17, 15) is 4.79 Å². The van der Waals surface area contributed by atoms with Crippen molar-refractivity contribution in [1.82, 2.24) is 19.5 Å². The van der Waals surface area contributed by atoms with Crippen LogP contribution in [0.1, 0.15) is 5.82 Å². The van der Waals surface area contributed by atoms with E-state index in [1.807, 2.05) is 14.0 Å². The molecule has 0 spiro atoms. The first-order valence-corrected chi connectivity index (χ1v) is 4.47. The maximum absolute atomic E-state index is 11.0. The Morgan fingerprint density at radius 1 is 1.46 bits per heavy atom. The Balaban J connectivity index is 3.03. The number of H-pyrrole nitrogens is 1. The van der Waals surface area contributed by atoms with Crippen molar-refractivity contribution >= 4 is 27.1 Å². The molecule has 0 atom stereocenters. The van der Waals surface area contributed by atoms with Gasteiger partial charge in [-0.05, 0) is 22.9 Å². The van der Waals surface area contributed by atoms with Crippen molar-refractivity contribution in [2.45, 2.75) is 6.92 Å². The van der Waals surface area contributed by atoms with E-state index >= 15 is 0 Å². The molecule has 0 bridgehead atoms. The molecule has 0 unspecified atom stereocenters. The van der Waals surface area contributed by atoms with E-state index in [2.05, 4.69) is 30.9 Å². The van der Waals surface area contributed by atoms with Crippen LogP contribution in [0.4, 0.5) is 0 Å². The zero-order chi connectivity index (χ0) is 9.59. The van der Waals surface area contributed by atoms with Gasteiger partial charge in [-0.25, -0.2) is 9.78 Å². The van der Waals surface area contributed by atoms with Crippen LogP contribution in [-0.2, 0) is 7.05 Å². The van der Waals surface area contributed by atoms with Gasteiger partial charge in [0.15, 0.2) is 5.65 Å². The number of nitrogens with one attached hydrogen (secondary N) is 1. The van der Waals surface area contributed by atoms with Crippen molar-refractivity contribution in [3.8, 4) is 0 Å². The Morgan fingerprint density at radius 2 is 2.15 bits per heavy atom. The highest BCUT2D eigenvalue weighted by Crippen LogP contribution is 2.17. The molecule has 2 heterocycles. The SMILES string of the molecule is Cc1nc2c(Br)[nH]c(=O)nc2n1C. The predicted octanol–water partition coefficient (Wildman–Crippen LogP) is 0.728. The van der Waals surface area contributed by atoms with Crippen molar-refractivity contribution in [3.05, 3.63) is 20.9 Å². The van der Waals surface area contributed by atoms with Crippen LogP contribution in [0.5, 0.6) is 0 Å². The zero-order valence-corrected chi connectivity index (χ0v) is 8.71. The molecule has 0 aromatic carbocycles. The van der Waals surface area contributed by atoms with Crippen LogP contribution in [0.3, 0.4) is 0 Å². The van der Waals surface area contributed by atoms with Crippen molar-refractivity contribution in [2.24, 2.45) is 7.05 Å². The molecule has 0 radical (unpaired) electrons. The lowest BCUT2D eigenvalue weighted by Gasteiger charge is -1.94. The molecule has 0 aliphatic carbocycles. The molecule has 0 aliphatic heterocycles. The summed E-state index contributed by atoms with van der Waals surface area (Å²) in [6.45, 7) is 1.86. The Labute approximate surface area is 82.0 Å². The summed E-state index contributed by atoms with van der Waals surface area (Å²) >= 11 is 3.22. The van der Waals surface area contributed by atoms with Gasteiger partial charge in [0.2, 0.25) is 0 Å². The first-order chi connectivity index (χ1) is 6.09. The third-order valence-corrected chi connectivity index (χ3v) is 2.49. The minimum atomic E-state index is -0.373. The van der Waals surface area contributed by atoms with Crippen molar-refractivity contribution < 1.29 is 0 Å². The summed E-state index contributed by atoms with van der Waals surface area (Å²) in [6.07, 6.45) is 0. The van der Waals surface area contributed by atoms with Crippen LogP contribution in [-0.4, -0.2) is 19.5 Å². The molecule has 68 valence electrons. The highest BCUT2D eigenvalue weighted by Gasteiger charge is 2.09. The smallest absolute Gasteiger partial charge is 0.316 e. The van der Waals surface area contributed by atoms with Crippen LogP contribution in [0.2, 0.25) is 0 Å². The van der Waals surface area contributed by atoms with Crippen LogP contribution in [0.25, 0.3) is 11.2 Å². The fraction of sp³-hybridized carbons (Fsp3) is 0.286. The van der Waals surface area contributed by atoms with Gasteiger partial charge in [0.05, 0.1) is 0 Å². The van der Waals surface area contributed by atoms with Gasteiger partial charge in [0, 0.05) is 7.05 Å². The number of imidazole rings is 1. The van der Waals surface area contributed by atoms with Crippen LogP contribution < -0.4 is 5.69 Å². The van der Waals surface area contributed by atoms with E-state index in [1.54, 1.807) is 4.57 Å². The molecule has 0 saturated heterocycles. The summed E-state index contributed by atoms with van der Waals surface area (Å²) in [5.41, 5.74) is 0.898. The number of aryl methyl sites for hydroxylation is 2. The molecule has 0 amide bonds. The summed E-state index contributed by atoms with van der Waals surface area (Å²) in [5.74, 6) is 0.821. The summed E-state index contributed by atoms with van der Waals surface area (Å²) in [4.78, 5) is 21.6. The monoisotopic (exact) mass is 242 g/mol. The minimum Gasteiger partial charge on any atom is -0.316 e. The van der Waals surface area contributed by atoms with E-state index in [1.165, 1.54) is 0 Å². The average molecular weight is 243 g/mol. The molecule has 0 fully saturated rings. The quantitative estimate of drug-likeness (QED) is 0.693. The van der Waals surface area contributed by atoms with E-state index < -0.39 is 0 Å². The summed E-state index contributed by atoms with van der Waals surface area (Å²) in [7, 11) is 1.82. The standard InChI is InChI=1S/C7H7BrN4O/c1-3-9-4-5(8)10-7(13)11-6(4)12(3)2/h1-2H3,(H,10,11,13). The lowest BCUT2D eigenvalue weighted by atomic mass is 10.6. The highest BCUT2D eigenvalue weighted by molar-refractivity contribution is 9.10. The molecule has 2 aromatic heterocycles. The number of halogens is 1. The molecule has 1 N–H and O–H groups in total. The third kappa shape index (κ3) is 1.17. The van der Waals surface area contributed by atoms with Gasteiger partial charge in [-0.15, -0.1) is 0 Å². The zero-order valence-electron chi connectivity index (χ0n) is 7.13. The Hall–Kier alpha value is -1.17. The van der Waals surface area contributed by atoms with Crippen molar-refractivity contribution in [1.29, 1.82) is 0 Å². The number of nitrogens with zero attached hydrogens (tertiary/aromatic N) is 3. The molecular formula is C7H7BrN4O. The van der Waals surface area contributed by atoms with Gasteiger partial charge in [-0.1, -0.05) is 0 Å². The maximum Gasteiger partial charge on any atom is 0.347 e. The number of aromatic amines is 1. The fourth-order valence-electron chi connectivity index (χ4n) is 1.15. The van der Waals surface area contributed by atoms with E-state index in [0.717, 1.165) is 5.82 Å². The van der Waals surface area contributed by atoms with Crippen molar-refractivity contribution in [3.63, 3.8) is 0 Å². The van der Waals surface area contributed by atoms with Gasteiger partial charge in [-0.2, -0.15) is 4.98 Å². The number of rotatable bonds is 0. The molecule has 2 aromatic rings. The molecule has 6 heteroatoms. The summed E-state index contributed by atoms with van der Waals surface area (Å²) in [6, 6.07) is 0. The van der Waals surface area contributed by atoms with Gasteiger partial charge in [0.1, 0.15) is 15.9 Å². The lowest BCUT2D eigenvalue weighted by Crippen LogP contribution is -2.11. The van der Waals surface area contributed by atoms with E-state index in [0.29, 0.717) is 15.8 Å². The Morgan fingerprint density at radius 3 is 2.85 bits per heavy atom. The fourth-order valence-corrected chi connectivity index (χ4v) is 1.59. The normalized spacial score (nSPS) is 11.0. The van der Waals surface area contributed by atoms with E-state index in [-0.39, 0.29) is 5.69 Å². The maximum atomic E-state index is 11.0. The van der Waals surface area contributed by atoms with Crippen LogP contribution in [0.15, 0.2) is 9.40 Å². The molecule has 0 saturated carbocycles. The third-order valence-electron chi connectivity index (χ3n) is 1.92. The predicted molar refractivity (Wildman–Crippen MR) is 51.6 cm³/mol.